The van der Waals surface area contributed by atoms with Gasteiger partial charge in [0.05, 0.1) is 0 Å². The Morgan fingerprint density at radius 3 is 2.37 bits per heavy atom. The largest absolute Gasteiger partial charge is 0.354 e. The highest BCUT2D eigenvalue weighted by Crippen LogP contribution is 2.23. The third-order valence-electron chi connectivity index (χ3n) is 4.94. The van der Waals surface area contributed by atoms with E-state index in [-0.39, 0.29) is 39.7 Å². The smallest absolute Gasteiger partial charge is 0.286 e. The van der Waals surface area contributed by atoms with E-state index in [2.05, 4.69) is 20.8 Å². The Labute approximate surface area is 180 Å². The first kappa shape index (κ1) is 21.9. The van der Waals surface area contributed by atoms with Crippen molar-refractivity contribution in [1.82, 2.24) is 20.4 Å². The van der Waals surface area contributed by atoms with E-state index >= 15 is 0 Å². The van der Waals surface area contributed by atoms with Crippen LogP contribution >= 0.6 is 11.3 Å². The van der Waals surface area contributed by atoms with Crippen LogP contribution < -0.4 is 10.6 Å². The van der Waals surface area contributed by atoms with Crippen molar-refractivity contribution in [2.75, 3.05) is 18.4 Å². The number of aromatic nitrogens is 2. The molecule has 0 atom stereocenters. The van der Waals surface area contributed by atoms with Crippen molar-refractivity contribution in [2.24, 2.45) is 5.92 Å². The maximum absolute atomic E-state index is 12.7. The molecule has 0 unspecified atom stereocenters. The summed E-state index contributed by atoms with van der Waals surface area (Å²) in [5.41, 5.74) is 1.76. The molecule has 3 amide bonds. The number of carbonyl (C=O) groups excluding carboxylic acids is 3. The molecule has 8 nitrogen and oxygen atoms in total. The van der Waals surface area contributed by atoms with Crippen LogP contribution in [0.4, 0.5) is 5.69 Å². The van der Waals surface area contributed by atoms with Gasteiger partial charge in [-0.05, 0) is 51.7 Å². The van der Waals surface area contributed by atoms with Crippen LogP contribution in [0.1, 0.15) is 58.3 Å². The number of nitrogens with one attached hydrogen (secondary N) is 2. The number of hydrogen-bond donors (Lipinski definition) is 2. The second-order valence-electron chi connectivity index (χ2n) is 7.89. The zero-order valence-electron chi connectivity index (χ0n) is 17.5. The summed E-state index contributed by atoms with van der Waals surface area (Å²) in [7, 11) is 0. The first-order valence-electron chi connectivity index (χ1n) is 10.1. The van der Waals surface area contributed by atoms with E-state index in [4.69, 9.17) is 0 Å². The normalized spacial score (nSPS) is 14.6. The third kappa shape index (κ3) is 5.85. The van der Waals surface area contributed by atoms with Crippen LogP contribution in [0.25, 0.3) is 0 Å². The van der Waals surface area contributed by atoms with E-state index in [1.54, 1.807) is 4.90 Å². The molecular formula is C21H27N5O3S. The molecule has 1 aliphatic heterocycles. The number of anilines is 1. The molecule has 0 spiro atoms. The van der Waals surface area contributed by atoms with Crippen LogP contribution in [0.5, 0.6) is 0 Å². The second kappa shape index (κ2) is 9.80. The maximum Gasteiger partial charge on any atom is 0.286 e. The van der Waals surface area contributed by atoms with Crippen LogP contribution in [0.15, 0.2) is 24.3 Å². The van der Waals surface area contributed by atoms with Crippen molar-refractivity contribution in [3.8, 4) is 0 Å². The van der Waals surface area contributed by atoms with E-state index in [0.717, 1.165) is 29.7 Å². The van der Waals surface area contributed by atoms with E-state index < -0.39 is 0 Å². The molecule has 0 aliphatic carbocycles. The quantitative estimate of drug-likeness (QED) is 0.735. The second-order valence-corrected chi connectivity index (χ2v) is 8.87. The molecule has 160 valence electrons. The number of likely N-dealkylation sites (tertiary alicyclic amines) is 1. The summed E-state index contributed by atoms with van der Waals surface area (Å²) in [5, 5.41) is 13.8. The minimum Gasteiger partial charge on any atom is -0.354 e. The Balaban J connectivity index is 1.52. The van der Waals surface area contributed by atoms with E-state index in [1.165, 1.54) is 0 Å². The van der Waals surface area contributed by atoms with Crippen molar-refractivity contribution in [3.63, 3.8) is 0 Å². The van der Waals surface area contributed by atoms with E-state index in [1.807, 2.05) is 45.0 Å². The molecule has 3 rings (SSSR count). The number of nitrogens with zero attached hydrogens (tertiary/aromatic N) is 3. The maximum atomic E-state index is 12.7. The first-order chi connectivity index (χ1) is 14.3. The molecule has 1 aromatic carbocycles. The van der Waals surface area contributed by atoms with Gasteiger partial charge in [-0.15, -0.1) is 10.2 Å². The summed E-state index contributed by atoms with van der Waals surface area (Å²) >= 11 is 0.994. The highest BCUT2D eigenvalue weighted by molar-refractivity contribution is 7.15. The minimum absolute atomic E-state index is 0.0585. The van der Waals surface area contributed by atoms with E-state index in [9.17, 15) is 14.4 Å². The molecule has 2 aromatic rings. The molecule has 0 bridgehead atoms. The fourth-order valence-electron chi connectivity index (χ4n) is 3.34. The predicted octanol–water partition coefficient (Wildman–Crippen LogP) is 2.87. The van der Waals surface area contributed by atoms with Crippen molar-refractivity contribution >= 4 is 34.7 Å². The van der Waals surface area contributed by atoms with Crippen LogP contribution in [0, 0.1) is 12.8 Å². The van der Waals surface area contributed by atoms with Crippen LogP contribution in [-0.2, 0) is 4.79 Å². The van der Waals surface area contributed by atoms with Gasteiger partial charge in [-0.1, -0.05) is 29.0 Å². The zero-order chi connectivity index (χ0) is 21.7. The molecule has 9 heteroatoms. The number of rotatable bonds is 6. The standard InChI is InChI=1S/C21H27N5O3S/c1-13(2)22-17(27)12-15-8-10-26(11-9-15)21(29)20-25-24-19(30-20)18(28)23-16-6-4-14(3)5-7-16/h4-7,13,15H,8-12H2,1-3H3,(H,22,27)(H,23,28). The molecule has 30 heavy (non-hydrogen) atoms. The lowest BCUT2D eigenvalue weighted by Crippen LogP contribution is -2.40. The fourth-order valence-corrected chi connectivity index (χ4v) is 4.05. The minimum atomic E-state index is -0.384. The van der Waals surface area contributed by atoms with Crippen molar-refractivity contribution in [2.45, 2.75) is 46.1 Å². The summed E-state index contributed by atoms with van der Waals surface area (Å²) in [4.78, 5) is 38.7. The molecule has 1 aromatic heterocycles. The summed E-state index contributed by atoms with van der Waals surface area (Å²) < 4.78 is 0. The average molecular weight is 430 g/mol. The number of amides is 3. The fraction of sp³-hybridized carbons (Fsp3) is 0.476. The number of carbonyl (C=O) groups is 3. The Kier molecular flexibility index (Phi) is 7.15. The number of aryl methyl sites for hydroxylation is 1. The topological polar surface area (TPSA) is 104 Å². The van der Waals surface area contributed by atoms with Crippen molar-refractivity contribution in [1.29, 1.82) is 0 Å². The molecular weight excluding hydrogens is 402 g/mol. The molecule has 0 saturated carbocycles. The van der Waals surface area contributed by atoms with Crippen LogP contribution in [0.2, 0.25) is 0 Å². The van der Waals surface area contributed by atoms with Gasteiger partial charge in [0.25, 0.3) is 11.8 Å². The van der Waals surface area contributed by atoms with Gasteiger partial charge in [0.15, 0.2) is 0 Å². The molecule has 1 saturated heterocycles. The van der Waals surface area contributed by atoms with Crippen molar-refractivity contribution < 1.29 is 14.4 Å². The van der Waals surface area contributed by atoms with Gasteiger partial charge in [-0.3, -0.25) is 14.4 Å². The summed E-state index contributed by atoms with van der Waals surface area (Å²) in [6, 6.07) is 7.56. The average Bonchev–Trinajstić information content (AvgIpc) is 3.19. The summed E-state index contributed by atoms with van der Waals surface area (Å²) in [6.07, 6.45) is 2.04. The van der Waals surface area contributed by atoms with Gasteiger partial charge in [0, 0.05) is 31.2 Å². The summed E-state index contributed by atoms with van der Waals surface area (Å²) in [6.45, 7) is 7.00. The monoisotopic (exact) mass is 429 g/mol. The Morgan fingerprint density at radius 1 is 1.10 bits per heavy atom. The Morgan fingerprint density at radius 2 is 1.73 bits per heavy atom. The van der Waals surface area contributed by atoms with Gasteiger partial charge in [0.2, 0.25) is 15.9 Å². The van der Waals surface area contributed by atoms with Crippen molar-refractivity contribution in [3.05, 3.63) is 39.8 Å². The zero-order valence-corrected chi connectivity index (χ0v) is 18.3. The first-order valence-corrected chi connectivity index (χ1v) is 10.9. The number of piperidine rings is 1. The van der Waals surface area contributed by atoms with Gasteiger partial charge < -0.3 is 15.5 Å². The predicted molar refractivity (Wildman–Crippen MR) is 116 cm³/mol. The molecule has 2 N–H and O–H groups in total. The lowest BCUT2D eigenvalue weighted by molar-refractivity contribution is -0.122. The number of benzene rings is 1. The Hall–Kier alpha value is -2.81. The molecule has 1 fully saturated rings. The molecule has 1 aliphatic rings. The van der Waals surface area contributed by atoms with Gasteiger partial charge in [-0.2, -0.15) is 0 Å². The third-order valence-corrected chi connectivity index (χ3v) is 5.85. The summed E-state index contributed by atoms with van der Waals surface area (Å²) in [5.74, 6) is -0.265. The van der Waals surface area contributed by atoms with Gasteiger partial charge in [-0.25, -0.2) is 0 Å². The number of hydrogen-bond acceptors (Lipinski definition) is 6. The van der Waals surface area contributed by atoms with E-state index in [0.29, 0.717) is 25.2 Å². The SMILES string of the molecule is Cc1ccc(NC(=O)c2nnc(C(=O)N3CCC(CC(=O)NC(C)C)CC3)s2)cc1. The lowest BCUT2D eigenvalue weighted by Gasteiger charge is -2.31. The molecule has 2 heterocycles. The Bertz CT molecular complexity index is 902. The van der Waals surface area contributed by atoms with Crippen LogP contribution in [0.3, 0.4) is 0 Å². The molecule has 0 radical (unpaired) electrons. The lowest BCUT2D eigenvalue weighted by atomic mass is 9.93. The van der Waals surface area contributed by atoms with Gasteiger partial charge >= 0.3 is 0 Å². The highest BCUT2D eigenvalue weighted by atomic mass is 32.1. The highest BCUT2D eigenvalue weighted by Gasteiger charge is 2.28. The van der Waals surface area contributed by atoms with Gasteiger partial charge in [0.1, 0.15) is 0 Å². The van der Waals surface area contributed by atoms with Crippen LogP contribution in [-0.4, -0.2) is 52.0 Å².